The van der Waals surface area contributed by atoms with Crippen molar-refractivity contribution in [3.8, 4) is 0 Å². The number of amides is 2. The van der Waals surface area contributed by atoms with Gasteiger partial charge in [-0.25, -0.2) is 0 Å². The van der Waals surface area contributed by atoms with Gasteiger partial charge in [-0.3, -0.25) is 14.9 Å². The van der Waals surface area contributed by atoms with E-state index in [1.165, 1.54) is 0 Å². The van der Waals surface area contributed by atoms with E-state index in [1.807, 2.05) is 32.9 Å². The van der Waals surface area contributed by atoms with Crippen molar-refractivity contribution in [2.45, 2.75) is 26.8 Å². The minimum absolute atomic E-state index is 0.0768. The number of nitrogens with one attached hydrogen (secondary N) is 3. The number of hydrogen-bond acceptors (Lipinski definition) is 3. The molecule has 0 aliphatic carbocycles. The van der Waals surface area contributed by atoms with Gasteiger partial charge >= 0.3 is 0 Å². The van der Waals surface area contributed by atoms with E-state index >= 15 is 0 Å². The summed E-state index contributed by atoms with van der Waals surface area (Å²) in [5, 5.41) is 8.62. The molecule has 0 aromatic heterocycles. The molecule has 0 fully saturated rings. The standard InChI is InChI=1S/C19H20IN3O2S/c1-11(2)21-17(24)13-6-8-15(9-7-13)22-19(26)23-18(25)14-5-4-12(3)16(20)10-14/h4-11H,1-3H3,(H,21,24)(H2,22,23,25,26). The number of anilines is 1. The molecule has 0 bridgehead atoms. The molecular formula is C19H20IN3O2S. The van der Waals surface area contributed by atoms with Gasteiger partial charge in [-0.2, -0.15) is 0 Å². The number of carbonyl (C=O) groups excluding carboxylic acids is 2. The van der Waals surface area contributed by atoms with Gasteiger partial charge in [0.1, 0.15) is 0 Å². The highest BCUT2D eigenvalue weighted by molar-refractivity contribution is 14.1. The van der Waals surface area contributed by atoms with Crippen molar-refractivity contribution >= 4 is 57.4 Å². The van der Waals surface area contributed by atoms with Gasteiger partial charge in [0.2, 0.25) is 0 Å². The van der Waals surface area contributed by atoms with E-state index in [0.29, 0.717) is 16.8 Å². The lowest BCUT2D eigenvalue weighted by Crippen LogP contribution is -2.34. The summed E-state index contributed by atoms with van der Waals surface area (Å²) in [5.74, 6) is -0.398. The molecule has 5 nitrogen and oxygen atoms in total. The summed E-state index contributed by atoms with van der Waals surface area (Å²) in [7, 11) is 0. The normalized spacial score (nSPS) is 10.3. The van der Waals surface area contributed by atoms with Gasteiger partial charge in [-0.15, -0.1) is 0 Å². The Labute approximate surface area is 172 Å². The molecule has 3 N–H and O–H groups in total. The van der Waals surface area contributed by atoms with Crippen LogP contribution in [0.5, 0.6) is 0 Å². The Balaban J connectivity index is 1.95. The number of aryl methyl sites for hydroxylation is 1. The average Bonchev–Trinajstić information content (AvgIpc) is 2.57. The second-order valence-electron chi connectivity index (χ2n) is 6.08. The Kier molecular flexibility index (Phi) is 7.10. The van der Waals surface area contributed by atoms with Crippen molar-refractivity contribution in [3.05, 3.63) is 62.7 Å². The van der Waals surface area contributed by atoms with Crippen molar-refractivity contribution in [3.63, 3.8) is 0 Å². The number of halogens is 1. The maximum absolute atomic E-state index is 12.3. The van der Waals surface area contributed by atoms with Gasteiger partial charge in [0, 0.05) is 26.4 Å². The number of rotatable bonds is 4. The molecule has 7 heteroatoms. The zero-order valence-electron chi connectivity index (χ0n) is 14.7. The highest BCUT2D eigenvalue weighted by Gasteiger charge is 2.10. The van der Waals surface area contributed by atoms with Crippen molar-refractivity contribution in [2.24, 2.45) is 0 Å². The third-order valence-electron chi connectivity index (χ3n) is 3.49. The van der Waals surface area contributed by atoms with Crippen LogP contribution in [0.3, 0.4) is 0 Å². The molecule has 136 valence electrons. The van der Waals surface area contributed by atoms with Crippen LogP contribution in [0.2, 0.25) is 0 Å². The first kappa shape index (κ1) is 20.3. The van der Waals surface area contributed by atoms with Crippen molar-refractivity contribution in [1.29, 1.82) is 0 Å². The van der Waals surface area contributed by atoms with Crippen LogP contribution in [0.4, 0.5) is 5.69 Å². The fraction of sp³-hybridized carbons (Fsp3) is 0.211. The van der Waals surface area contributed by atoms with Crippen LogP contribution >= 0.6 is 34.8 Å². The molecule has 0 saturated carbocycles. The Morgan fingerprint density at radius 1 is 1.00 bits per heavy atom. The molecular weight excluding hydrogens is 461 g/mol. The Bertz CT molecular complexity index is 835. The molecule has 0 spiro atoms. The lowest BCUT2D eigenvalue weighted by atomic mass is 10.1. The second kappa shape index (κ2) is 9.09. The molecule has 0 atom stereocenters. The van der Waals surface area contributed by atoms with Gasteiger partial charge in [-0.1, -0.05) is 6.07 Å². The SMILES string of the molecule is Cc1ccc(C(=O)NC(=S)Nc2ccc(C(=O)NC(C)C)cc2)cc1I. The Morgan fingerprint density at radius 3 is 2.19 bits per heavy atom. The molecule has 0 radical (unpaired) electrons. The maximum Gasteiger partial charge on any atom is 0.257 e. The van der Waals surface area contributed by atoms with Crippen molar-refractivity contribution in [2.75, 3.05) is 5.32 Å². The predicted octanol–water partition coefficient (Wildman–Crippen LogP) is 3.86. The van der Waals surface area contributed by atoms with E-state index in [-0.39, 0.29) is 23.0 Å². The first-order valence-corrected chi connectivity index (χ1v) is 9.54. The van der Waals surface area contributed by atoms with Crippen LogP contribution in [0, 0.1) is 10.5 Å². The fourth-order valence-corrected chi connectivity index (χ4v) is 2.85. The van der Waals surface area contributed by atoms with Gasteiger partial charge in [0.25, 0.3) is 11.8 Å². The van der Waals surface area contributed by atoms with E-state index in [0.717, 1.165) is 9.13 Å². The van der Waals surface area contributed by atoms with E-state index in [4.69, 9.17) is 12.2 Å². The molecule has 0 aliphatic rings. The average molecular weight is 481 g/mol. The highest BCUT2D eigenvalue weighted by Crippen LogP contribution is 2.14. The lowest BCUT2D eigenvalue weighted by molar-refractivity contribution is 0.0941. The summed E-state index contributed by atoms with van der Waals surface area (Å²) in [6.07, 6.45) is 0. The first-order valence-electron chi connectivity index (χ1n) is 8.05. The zero-order chi connectivity index (χ0) is 19.3. The minimum atomic E-state index is -0.270. The van der Waals surface area contributed by atoms with E-state index in [2.05, 4.69) is 38.5 Å². The van der Waals surface area contributed by atoms with Gasteiger partial charge < -0.3 is 10.6 Å². The summed E-state index contributed by atoms with van der Waals surface area (Å²) < 4.78 is 1.02. The maximum atomic E-state index is 12.3. The summed E-state index contributed by atoms with van der Waals surface area (Å²) in [5.41, 5.74) is 2.91. The van der Waals surface area contributed by atoms with Crippen LogP contribution in [0.1, 0.15) is 40.1 Å². The lowest BCUT2D eigenvalue weighted by Gasteiger charge is -2.11. The van der Waals surface area contributed by atoms with Crippen molar-refractivity contribution < 1.29 is 9.59 Å². The molecule has 0 unspecified atom stereocenters. The van der Waals surface area contributed by atoms with Crippen LogP contribution in [-0.2, 0) is 0 Å². The van der Waals surface area contributed by atoms with Crippen LogP contribution in [-0.4, -0.2) is 23.0 Å². The quantitative estimate of drug-likeness (QED) is 0.458. The third-order valence-corrected chi connectivity index (χ3v) is 4.85. The first-order chi connectivity index (χ1) is 12.3. The van der Waals surface area contributed by atoms with Gasteiger partial charge in [0.15, 0.2) is 5.11 Å². The molecule has 2 aromatic rings. The monoisotopic (exact) mass is 481 g/mol. The topological polar surface area (TPSA) is 70.2 Å². The van der Waals surface area contributed by atoms with Crippen LogP contribution in [0.15, 0.2) is 42.5 Å². The largest absolute Gasteiger partial charge is 0.350 e. The smallest absolute Gasteiger partial charge is 0.257 e. The molecule has 2 aromatic carbocycles. The van der Waals surface area contributed by atoms with E-state index < -0.39 is 0 Å². The molecule has 26 heavy (non-hydrogen) atoms. The summed E-state index contributed by atoms with van der Waals surface area (Å²) >= 11 is 7.38. The third kappa shape index (κ3) is 5.77. The highest BCUT2D eigenvalue weighted by atomic mass is 127. The van der Waals surface area contributed by atoms with E-state index in [9.17, 15) is 9.59 Å². The number of thiocarbonyl (C=S) groups is 1. The van der Waals surface area contributed by atoms with Crippen LogP contribution < -0.4 is 16.0 Å². The molecule has 0 saturated heterocycles. The molecule has 2 rings (SSSR count). The molecule has 0 aliphatic heterocycles. The van der Waals surface area contributed by atoms with Crippen LogP contribution in [0.25, 0.3) is 0 Å². The minimum Gasteiger partial charge on any atom is -0.350 e. The zero-order valence-corrected chi connectivity index (χ0v) is 17.7. The number of benzene rings is 2. The fourth-order valence-electron chi connectivity index (χ4n) is 2.12. The van der Waals surface area contributed by atoms with Crippen molar-refractivity contribution in [1.82, 2.24) is 10.6 Å². The Morgan fingerprint density at radius 2 is 1.62 bits per heavy atom. The number of carbonyl (C=O) groups is 2. The summed E-state index contributed by atoms with van der Waals surface area (Å²) in [6, 6.07) is 12.4. The Hall–Kier alpha value is -2.00. The predicted molar refractivity (Wildman–Crippen MR) is 117 cm³/mol. The summed E-state index contributed by atoms with van der Waals surface area (Å²) in [4.78, 5) is 24.2. The number of hydrogen-bond donors (Lipinski definition) is 3. The molecule has 2 amide bonds. The van der Waals surface area contributed by atoms with E-state index in [1.54, 1.807) is 30.3 Å². The molecule has 0 heterocycles. The van der Waals surface area contributed by atoms with Gasteiger partial charge in [-0.05, 0) is 97.5 Å². The second-order valence-corrected chi connectivity index (χ2v) is 7.65. The summed E-state index contributed by atoms with van der Waals surface area (Å²) in [6.45, 7) is 5.80. The van der Waals surface area contributed by atoms with Gasteiger partial charge in [0.05, 0.1) is 0 Å².